The fourth-order valence-electron chi connectivity index (χ4n) is 3.12. The lowest BCUT2D eigenvalue weighted by molar-refractivity contribution is -0.122. The Balaban J connectivity index is 1.80. The van der Waals surface area contributed by atoms with Crippen LogP contribution in [-0.2, 0) is 9.53 Å². The van der Waals surface area contributed by atoms with Gasteiger partial charge in [0.25, 0.3) is 0 Å². The van der Waals surface area contributed by atoms with Crippen LogP contribution in [0.4, 0.5) is 4.79 Å². The lowest BCUT2D eigenvalue weighted by Gasteiger charge is -2.36. The molecule has 0 saturated carbocycles. The minimum absolute atomic E-state index is 0.0892. The monoisotopic (exact) mass is 309 g/mol. The van der Waals surface area contributed by atoms with Crippen LogP contribution in [0.15, 0.2) is 12.2 Å². The Morgan fingerprint density at radius 1 is 1.23 bits per heavy atom. The van der Waals surface area contributed by atoms with E-state index in [0.717, 1.165) is 19.3 Å². The van der Waals surface area contributed by atoms with E-state index in [0.29, 0.717) is 25.6 Å². The largest absolute Gasteiger partial charge is 0.447 e. The number of hydrogen-bond acceptors (Lipinski definition) is 4. The van der Waals surface area contributed by atoms with Gasteiger partial charge in [0.2, 0.25) is 5.91 Å². The van der Waals surface area contributed by atoms with Gasteiger partial charge < -0.3 is 20.7 Å². The van der Waals surface area contributed by atoms with E-state index in [1.165, 1.54) is 0 Å². The molecule has 1 aliphatic heterocycles. The normalized spacial score (nSPS) is 26.2. The maximum atomic E-state index is 11.9. The minimum Gasteiger partial charge on any atom is -0.447 e. The number of nitrogens with zero attached hydrogens (tertiary/aromatic N) is 1. The van der Waals surface area contributed by atoms with Gasteiger partial charge in [0.1, 0.15) is 0 Å². The number of ether oxygens (including phenoxy) is 1. The second-order valence-electron chi connectivity index (χ2n) is 6.42. The summed E-state index contributed by atoms with van der Waals surface area (Å²) in [5, 5.41) is 3.56. The third-order valence-corrected chi connectivity index (χ3v) is 4.34. The van der Waals surface area contributed by atoms with Crippen LogP contribution in [0.1, 0.15) is 39.5 Å². The van der Waals surface area contributed by atoms with Crippen molar-refractivity contribution < 1.29 is 14.3 Å². The Morgan fingerprint density at radius 3 is 2.45 bits per heavy atom. The summed E-state index contributed by atoms with van der Waals surface area (Å²) in [6, 6.07) is 0.433. The van der Waals surface area contributed by atoms with Gasteiger partial charge in [-0.3, -0.25) is 4.79 Å². The van der Waals surface area contributed by atoms with Gasteiger partial charge in [-0.25, -0.2) is 4.79 Å². The van der Waals surface area contributed by atoms with Crippen molar-refractivity contribution in [3.05, 3.63) is 12.2 Å². The molecule has 1 fully saturated rings. The van der Waals surface area contributed by atoms with Crippen molar-refractivity contribution in [1.82, 2.24) is 10.2 Å². The fourth-order valence-corrected chi connectivity index (χ4v) is 3.12. The number of rotatable bonds is 4. The molecule has 2 rings (SSSR count). The minimum atomic E-state index is -0.236. The predicted octanol–water partition coefficient (Wildman–Crippen LogP) is 1.41. The van der Waals surface area contributed by atoms with E-state index in [-0.39, 0.29) is 30.1 Å². The lowest BCUT2D eigenvalue weighted by atomic mass is 9.87. The SMILES string of the molecule is CC(C)OC(=O)N1CCC(N[C@@H]2CC=CC[C@H]2C(N)=O)CC1. The molecular weight excluding hydrogens is 282 g/mol. The van der Waals surface area contributed by atoms with Crippen molar-refractivity contribution in [3.8, 4) is 0 Å². The van der Waals surface area contributed by atoms with Gasteiger partial charge in [0, 0.05) is 25.2 Å². The highest BCUT2D eigenvalue weighted by Gasteiger charge is 2.31. The summed E-state index contributed by atoms with van der Waals surface area (Å²) in [7, 11) is 0. The molecule has 0 bridgehead atoms. The van der Waals surface area contributed by atoms with E-state index in [2.05, 4.69) is 11.4 Å². The molecule has 1 aliphatic carbocycles. The van der Waals surface area contributed by atoms with E-state index < -0.39 is 0 Å². The predicted molar refractivity (Wildman–Crippen MR) is 84.2 cm³/mol. The zero-order valence-electron chi connectivity index (χ0n) is 13.5. The highest BCUT2D eigenvalue weighted by atomic mass is 16.6. The molecule has 2 aliphatic rings. The third-order valence-electron chi connectivity index (χ3n) is 4.34. The smallest absolute Gasteiger partial charge is 0.410 e. The Morgan fingerprint density at radius 2 is 1.86 bits per heavy atom. The van der Waals surface area contributed by atoms with Gasteiger partial charge in [-0.15, -0.1) is 0 Å². The number of likely N-dealkylation sites (tertiary alicyclic amines) is 1. The van der Waals surface area contributed by atoms with Gasteiger partial charge in [-0.1, -0.05) is 12.2 Å². The topological polar surface area (TPSA) is 84.7 Å². The van der Waals surface area contributed by atoms with Gasteiger partial charge >= 0.3 is 6.09 Å². The van der Waals surface area contributed by atoms with Gasteiger partial charge in [0.05, 0.1) is 12.0 Å². The first-order chi connectivity index (χ1) is 10.5. The van der Waals surface area contributed by atoms with Gasteiger partial charge in [0.15, 0.2) is 0 Å². The van der Waals surface area contributed by atoms with Crippen LogP contribution >= 0.6 is 0 Å². The molecule has 6 heteroatoms. The van der Waals surface area contributed by atoms with E-state index in [4.69, 9.17) is 10.5 Å². The maximum absolute atomic E-state index is 11.9. The Kier molecular flexibility index (Phi) is 5.83. The van der Waals surface area contributed by atoms with Crippen LogP contribution in [0, 0.1) is 5.92 Å². The molecule has 6 nitrogen and oxygen atoms in total. The number of carbonyl (C=O) groups is 2. The number of nitrogens with one attached hydrogen (secondary N) is 1. The van der Waals surface area contributed by atoms with E-state index >= 15 is 0 Å². The van der Waals surface area contributed by atoms with Crippen molar-refractivity contribution >= 4 is 12.0 Å². The summed E-state index contributed by atoms with van der Waals surface area (Å²) in [6.45, 7) is 5.08. The number of piperidine rings is 1. The van der Waals surface area contributed by atoms with E-state index in [1.54, 1.807) is 4.90 Å². The van der Waals surface area contributed by atoms with Crippen LogP contribution in [0.25, 0.3) is 0 Å². The number of carbonyl (C=O) groups excluding carboxylic acids is 2. The standard InChI is InChI=1S/C16H27N3O3/c1-11(2)22-16(21)19-9-7-12(8-10-19)18-14-6-4-3-5-13(14)15(17)20/h3-4,11-14,18H,5-10H2,1-2H3,(H2,17,20)/t13-,14-/m1/s1. The number of amides is 2. The summed E-state index contributed by atoms with van der Waals surface area (Å²) in [6.07, 6.45) is 7.11. The lowest BCUT2D eigenvalue weighted by Crippen LogP contribution is -2.52. The second kappa shape index (κ2) is 7.63. The zero-order chi connectivity index (χ0) is 16.1. The Hall–Kier alpha value is -1.56. The summed E-state index contributed by atoms with van der Waals surface area (Å²) < 4.78 is 5.22. The average Bonchev–Trinajstić information content (AvgIpc) is 2.47. The summed E-state index contributed by atoms with van der Waals surface area (Å²) in [5.74, 6) is -0.367. The van der Waals surface area contributed by atoms with Crippen LogP contribution in [0.3, 0.4) is 0 Å². The fraction of sp³-hybridized carbons (Fsp3) is 0.750. The van der Waals surface area contributed by atoms with Crippen molar-refractivity contribution in [2.24, 2.45) is 11.7 Å². The van der Waals surface area contributed by atoms with E-state index in [1.807, 2.05) is 19.9 Å². The average molecular weight is 309 g/mol. The van der Waals surface area contributed by atoms with E-state index in [9.17, 15) is 9.59 Å². The van der Waals surface area contributed by atoms with Crippen molar-refractivity contribution in [1.29, 1.82) is 0 Å². The molecule has 0 radical (unpaired) electrons. The zero-order valence-corrected chi connectivity index (χ0v) is 13.5. The van der Waals surface area contributed by atoms with Gasteiger partial charge in [-0.2, -0.15) is 0 Å². The molecular formula is C16H27N3O3. The van der Waals surface area contributed by atoms with Gasteiger partial charge in [-0.05, 0) is 39.5 Å². The molecule has 0 aromatic rings. The number of hydrogen-bond donors (Lipinski definition) is 2. The Labute approximate surface area is 132 Å². The number of primary amides is 1. The number of nitrogens with two attached hydrogens (primary N) is 1. The highest BCUT2D eigenvalue weighted by Crippen LogP contribution is 2.21. The highest BCUT2D eigenvalue weighted by molar-refractivity contribution is 5.77. The molecule has 1 heterocycles. The Bertz CT molecular complexity index is 428. The van der Waals surface area contributed by atoms with Crippen LogP contribution < -0.4 is 11.1 Å². The molecule has 0 unspecified atom stereocenters. The molecule has 2 atom stereocenters. The van der Waals surface area contributed by atoms with Crippen molar-refractivity contribution in [2.45, 2.75) is 57.7 Å². The molecule has 0 spiro atoms. The molecule has 124 valence electrons. The van der Waals surface area contributed by atoms with Crippen molar-refractivity contribution in [2.75, 3.05) is 13.1 Å². The van der Waals surface area contributed by atoms with Crippen LogP contribution in [0.5, 0.6) is 0 Å². The molecule has 3 N–H and O–H groups in total. The second-order valence-corrected chi connectivity index (χ2v) is 6.42. The molecule has 0 aromatic heterocycles. The first-order valence-corrected chi connectivity index (χ1v) is 8.13. The first kappa shape index (κ1) is 16.8. The number of allylic oxidation sites excluding steroid dienone is 1. The summed E-state index contributed by atoms with van der Waals surface area (Å²) in [4.78, 5) is 25.1. The van der Waals surface area contributed by atoms with Crippen molar-refractivity contribution in [3.63, 3.8) is 0 Å². The molecule has 1 saturated heterocycles. The summed E-state index contributed by atoms with van der Waals surface area (Å²) in [5.41, 5.74) is 5.49. The summed E-state index contributed by atoms with van der Waals surface area (Å²) >= 11 is 0. The quantitative estimate of drug-likeness (QED) is 0.769. The van der Waals surface area contributed by atoms with Crippen LogP contribution in [0.2, 0.25) is 0 Å². The maximum Gasteiger partial charge on any atom is 0.410 e. The van der Waals surface area contributed by atoms with Crippen LogP contribution in [-0.4, -0.2) is 48.2 Å². The molecule has 2 amide bonds. The third kappa shape index (κ3) is 4.47. The molecule has 22 heavy (non-hydrogen) atoms. The molecule has 0 aromatic carbocycles. The first-order valence-electron chi connectivity index (χ1n) is 8.13.